The number of ether oxygens (including phenoxy) is 3. The summed E-state index contributed by atoms with van der Waals surface area (Å²) in [5, 5.41) is 12.3. The molecule has 0 radical (unpaired) electrons. The molecular weight excluding hydrogens is 376 g/mol. The number of methoxy groups -OCH3 is 3. The molecule has 0 saturated heterocycles. The number of nitrogens with one attached hydrogen (secondary N) is 1. The van der Waals surface area contributed by atoms with E-state index in [-0.39, 0.29) is 12.5 Å². The Morgan fingerprint density at radius 1 is 1.10 bits per heavy atom. The Labute approximate surface area is 169 Å². The molecule has 0 spiro atoms. The molecule has 2 amide bonds. The summed E-state index contributed by atoms with van der Waals surface area (Å²) in [6.07, 6.45) is 0.366. The number of benzene rings is 2. The number of carbonyl (C=O) groups is 2. The predicted molar refractivity (Wildman–Crippen MR) is 107 cm³/mol. The molecule has 0 aromatic heterocycles. The monoisotopic (exact) mass is 400 g/mol. The van der Waals surface area contributed by atoms with E-state index in [9.17, 15) is 14.7 Å². The Hall–Kier alpha value is -3.42. The van der Waals surface area contributed by atoms with Gasteiger partial charge < -0.3 is 29.5 Å². The lowest BCUT2D eigenvalue weighted by Gasteiger charge is -2.37. The van der Waals surface area contributed by atoms with Gasteiger partial charge in [-0.25, -0.2) is 4.79 Å². The van der Waals surface area contributed by atoms with Crippen molar-refractivity contribution in [3.05, 3.63) is 47.5 Å². The van der Waals surface area contributed by atoms with Gasteiger partial charge in [0.15, 0.2) is 11.5 Å². The first kappa shape index (κ1) is 20.3. The van der Waals surface area contributed by atoms with Crippen LogP contribution in [-0.4, -0.2) is 49.9 Å². The first-order valence-electron chi connectivity index (χ1n) is 9.15. The molecule has 8 heteroatoms. The summed E-state index contributed by atoms with van der Waals surface area (Å²) in [6.45, 7) is 0.385. The second kappa shape index (κ2) is 8.72. The summed E-state index contributed by atoms with van der Waals surface area (Å²) in [5.41, 5.74) is 2.26. The zero-order valence-electron chi connectivity index (χ0n) is 16.6. The number of fused-ring (bicyclic) bond motifs is 1. The van der Waals surface area contributed by atoms with E-state index < -0.39 is 12.0 Å². The van der Waals surface area contributed by atoms with Gasteiger partial charge in [0.2, 0.25) is 0 Å². The fourth-order valence-electron chi connectivity index (χ4n) is 3.55. The lowest BCUT2D eigenvalue weighted by atomic mass is 9.90. The van der Waals surface area contributed by atoms with Crippen LogP contribution in [0.5, 0.6) is 17.2 Å². The highest BCUT2D eigenvalue weighted by molar-refractivity contribution is 5.90. The Balaban J connectivity index is 1.92. The molecule has 2 aromatic carbocycles. The number of amides is 2. The van der Waals surface area contributed by atoms with Crippen molar-refractivity contribution in [3.8, 4) is 17.2 Å². The molecule has 0 bridgehead atoms. The molecular formula is C21H24N2O6. The molecule has 0 saturated carbocycles. The van der Waals surface area contributed by atoms with E-state index in [1.165, 1.54) is 7.11 Å². The highest BCUT2D eigenvalue weighted by atomic mass is 16.5. The number of carbonyl (C=O) groups excluding carboxylic acids is 1. The Morgan fingerprint density at radius 3 is 2.48 bits per heavy atom. The van der Waals surface area contributed by atoms with Crippen molar-refractivity contribution < 1.29 is 28.9 Å². The van der Waals surface area contributed by atoms with Crippen molar-refractivity contribution >= 4 is 17.7 Å². The molecule has 1 aliphatic rings. The summed E-state index contributed by atoms with van der Waals surface area (Å²) in [5.74, 6) is 0.703. The molecule has 0 fully saturated rings. The third kappa shape index (κ3) is 4.37. The zero-order valence-corrected chi connectivity index (χ0v) is 16.6. The maximum atomic E-state index is 13.0. The van der Waals surface area contributed by atoms with Gasteiger partial charge in [0, 0.05) is 18.3 Å². The zero-order chi connectivity index (χ0) is 21.0. The van der Waals surface area contributed by atoms with Gasteiger partial charge >= 0.3 is 12.0 Å². The number of aliphatic carboxylic acids is 1. The second-order valence-electron chi connectivity index (χ2n) is 6.63. The van der Waals surface area contributed by atoms with Crippen LogP contribution in [0.3, 0.4) is 0 Å². The van der Waals surface area contributed by atoms with E-state index in [0.717, 1.165) is 11.1 Å². The summed E-state index contributed by atoms with van der Waals surface area (Å²) >= 11 is 0. The fraction of sp³-hybridized carbons (Fsp3) is 0.333. The summed E-state index contributed by atoms with van der Waals surface area (Å²) in [7, 11) is 4.62. The van der Waals surface area contributed by atoms with Gasteiger partial charge in [-0.1, -0.05) is 6.07 Å². The fourth-order valence-corrected chi connectivity index (χ4v) is 3.55. The number of hydrogen-bond donors (Lipinski definition) is 2. The van der Waals surface area contributed by atoms with Crippen LogP contribution in [0.4, 0.5) is 10.5 Å². The summed E-state index contributed by atoms with van der Waals surface area (Å²) < 4.78 is 15.9. The van der Waals surface area contributed by atoms with Crippen LogP contribution in [-0.2, 0) is 11.2 Å². The van der Waals surface area contributed by atoms with Crippen LogP contribution >= 0.6 is 0 Å². The predicted octanol–water partition coefficient (Wildman–Crippen LogP) is 3.32. The minimum atomic E-state index is -0.989. The highest BCUT2D eigenvalue weighted by Crippen LogP contribution is 2.39. The number of anilines is 1. The SMILES string of the molecule is COc1cccc(NC(=O)N2CCc3cc(OC)c(OC)cc3C2CC(=O)O)c1. The quantitative estimate of drug-likeness (QED) is 0.772. The van der Waals surface area contributed by atoms with Crippen molar-refractivity contribution in [1.82, 2.24) is 4.90 Å². The van der Waals surface area contributed by atoms with Gasteiger partial charge in [0.05, 0.1) is 33.8 Å². The molecule has 29 heavy (non-hydrogen) atoms. The first-order valence-corrected chi connectivity index (χ1v) is 9.15. The maximum Gasteiger partial charge on any atom is 0.322 e. The normalized spacial score (nSPS) is 15.3. The summed E-state index contributed by atoms with van der Waals surface area (Å²) in [4.78, 5) is 26.0. The average molecular weight is 400 g/mol. The van der Waals surface area contributed by atoms with Crippen molar-refractivity contribution in [1.29, 1.82) is 0 Å². The number of hydrogen-bond acceptors (Lipinski definition) is 5. The lowest BCUT2D eigenvalue weighted by Crippen LogP contribution is -2.43. The van der Waals surface area contributed by atoms with E-state index >= 15 is 0 Å². The smallest absolute Gasteiger partial charge is 0.322 e. The topological polar surface area (TPSA) is 97.3 Å². The standard InChI is InChI=1S/C21H24N2O6/c1-27-15-6-4-5-14(10-15)22-21(26)23-8-7-13-9-18(28-2)19(29-3)11-16(13)17(23)12-20(24)25/h4-6,9-11,17H,7-8,12H2,1-3H3,(H,22,26)(H,24,25). The highest BCUT2D eigenvalue weighted by Gasteiger charge is 2.33. The van der Waals surface area contributed by atoms with Gasteiger partial charge in [-0.05, 0) is 41.8 Å². The van der Waals surface area contributed by atoms with Gasteiger partial charge in [0.25, 0.3) is 0 Å². The third-order valence-electron chi connectivity index (χ3n) is 4.95. The third-order valence-corrected chi connectivity index (χ3v) is 4.95. The van der Waals surface area contributed by atoms with E-state index in [4.69, 9.17) is 14.2 Å². The molecule has 1 unspecified atom stereocenters. The van der Waals surface area contributed by atoms with Gasteiger partial charge in [-0.3, -0.25) is 4.79 Å². The number of urea groups is 1. The van der Waals surface area contributed by atoms with E-state index in [0.29, 0.717) is 35.9 Å². The van der Waals surface area contributed by atoms with Crippen molar-refractivity contribution in [3.63, 3.8) is 0 Å². The van der Waals surface area contributed by atoms with Crippen LogP contribution in [0.15, 0.2) is 36.4 Å². The maximum absolute atomic E-state index is 13.0. The lowest BCUT2D eigenvalue weighted by molar-refractivity contribution is -0.138. The minimum absolute atomic E-state index is 0.214. The molecule has 3 rings (SSSR count). The van der Waals surface area contributed by atoms with Crippen LogP contribution in [0.1, 0.15) is 23.6 Å². The van der Waals surface area contributed by atoms with Crippen LogP contribution in [0, 0.1) is 0 Å². The molecule has 1 atom stereocenters. The van der Waals surface area contributed by atoms with E-state index in [1.807, 2.05) is 6.07 Å². The molecule has 1 aliphatic heterocycles. The molecule has 2 aromatic rings. The number of carboxylic acids is 1. The summed E-state index contributed by atoms with van der Waals surface area (Å²) in [6, 6.07) is 9.61. The number of rotatable bonds is 6. The number of nitrogens with zero attached hydrogens (tertiary/aromatic N) is 1. The van der Waals surface area contributed by atoms with E-state index in [2.05, 4.69) is 5.32 Å². The van der Waals surface area contributed by atoms with Crippen molar-refractivity contribution in [2.45, 2.75) is 18.9 Å². The molecule has 8 nitrogen and oxygen atoms in total. The first-order chi connectivity index (χ1) is 14.0. The van der Waals surface area contributed by atoms with Crippen LogP contribution in [0.2, 0.25) is 0 Å². The van der Waals surface area contributed by atoms with E-state index in [1.54, 1.807) is 49.5 Å². The number of carboxylic acid groups (broad SMARTS) is 1. The second-order valence-corrected chi connectivity index (χ2v) is 6.63. The molecule has 154 valence electrons. The van der Waals surface area contributed by atoms with Gasteiger partial charge in [0.1, 0.15) is 5.75 Å². The van der Waals surface area contributed by atoms with Gasteiger partial charge in [-0.15, -0.1) is 0 Å². The average Bonchev–Trinajstić information content (AvgIpc) is 2.72. The Kier molecular flexibility index (Phi) is 6.11. The Morgan fingerprint density at radius 2 is 1.83 bits per heavy atom. The molecule has 0 aliphatic carbocycles. The molecule has 1 heterocycles. The molecule has 2 N–H and O–H groups in total. The van der Waals surface area contributed by atoms with Crippen LogP contribution in [0.25, 0.3) is 0 Å². The largest absolute Gasteiger partial charge is 0.497 e. The Bertz CT molecular complexity index is 914. The minimum Gasteiger partial charge on any atom is -0.497 e. The van der Waals surface area contributed by atoms with Gasteiger partial charge in [-0.2, -0.15) is 0 Å². The van der Waals surface area contributed by atoms with Crippen molar-refractivity contribution in [2.75, 3.05) is 33.2 Å². The van der Waals surface area contributed by atoms with Crippen LogP contribution < -0.4 is 19.5 Å². The van der Waals surface area contributed by atoms with Crippen molar-refractivity contribution in [2.24, 2.45) is 0 Å².